The maximum Gasteiger partial charge on any atom is 0.161 e. The van der Waals surface area contributed by atoms with Crippen molar-refractivity contribution in [2.24, 2.45) is 11.8 Å². The smallest absolute Gasteiger partial charge is 0.161 e. The van der Waals surface area contributed by atoms with Crippen molar-refractivity contribution in [2.45, 2.75) is 19.4 Å². The van der Waals surface area contributed by atoms with E-state index in [9.17, 15) is 4.79 Å². The summed E-state index contributed by atoms with van der Waals surface area (Å²) < 4.78 is 5.51. The third kappa shape index (κ3) is 0.857. The van der Waals surface area contributed by atoms with E-state index in [0.717, 1.165) is 0 Å². The van der Waals surface area contributed by atoms with Crippen molar-refractivity contribution in [1.29, 1.82) is 0 Å². The highest BCUT2D eigenvalue weighted by atomic mass is 16.5. The van der Waals surface area contributed by atoms with E-state index < -0.39 is 0 Å². The van der Waals surface area contributed by atoms with Crippen LogP contribution in [0.5, 0.6) is 0 Å². The number of carbonyl (C=O) groups excluding carboxylic acids is 1. The van der Waals surface area contributed by atoms with Gasteiger partial charge in [-0.25, -0.2) is 0 Å². The summed E-state index contributed by atoms with van der Waals surface area (Å²) in [7, 11) is 0. The molecular formula is C9H12O2. The van der Waals surface area contributed by atoms with Crippen LogP contribution >= 0.6 is 0 Å². The summed E-state index contributed by atoms with van der Waals surface area (Å²) in [6.45, 7) is 4.69. The second-order valence-corrected chi connectivity index (χ2v) is 3.82. The molecule has 1 fully saturated rings. The van der Waals surface area contributed by atoms with Gasteiger partial charge in [0.25, 0.3) is 0 Å². The average Bonchev–Trinajstić information content (AvgIpc) is 2.38. The predicted octanol–water partition coefficient (Wildman–Crippen LogP) is 1.17. The lowest BCUT2D eigenvalue weighted by molar-refractivity contribution is -0.122. The molecule has 1 aliphatic carbocycles. The molecule has 0 bridgehead atoms. The van der Waals surface area contributed by atoms with E-state index in [0.29, 0.717) is 12.5 Å². The minimum Gasteiger partial charge on any atom is -0.374 e. The Bertz CT molecular complexity index is 228. The minimum atomic E-state index is -0.245. The molecule has 0 aromatic heterocycles. The van der Waals surface area contributed by atoms with Gasteiger partial charge in [0, 0.05) is 5.92 Å². The molecule has 1 heterocycles. The highest BCUT2D eigenvalue weighted by Gasteiger charge is 2.48. The van der Waals surface area contributed by atoms with E-state index in [1.165, 1.54) is 0 Å². The van der Waals surface area contributed by atoms with Gasteiger partial charge in [-0.3, -0.25) is 4.79 Å². The summed E-state index contributed by atoms with van der Waals surface area (Å²) in [6, 6.07) is 0. The molecule has 0 radical (unpaired) electrons. The predicted molar refractivity (Wildman–Crippen MR) is 41.2 cm³/mol. The van der Waals surface area contributed by atoms with Gasteiger partial charge in [-0.15, -0.1) is 0 Å². The van der Waals surface area contributed by atoms with Crippen LogP contribution in [0.15, 0.2) is 12.2 Å². The highest BCUT2D eigenvalue weighted by Crippen LogP contribution is 2.40. The van der Waals surface area contributed by atoms with Crippen LogP contribution in [0.25, 0.3) is 0 Å². The van der Waals surface area contributed by atoms with Crippen LogP contribution in [-0.2, 0) is 9.53 Å². The molecule has 0 saturated carbocycles. The van der Waals surface area contributed by atoms with Crippen LogP contribution in [0.2, 0.25) is 0 Å². The first-order valence-electron chi connectivity index (χ1n) is 3.97. The van der Waals surface area contributed by atoms with Gasteiger partial charge in [-0.2, -0.15) is 0 Å². The Kier molecular flexibility index (Phi) is 1.25. The van der Waals surface area contributed by atoms with E-state index >= 15 is 0 Å². The quantitative estimate of drug-likeness (QED) is 0.520. The third-order valence-corrected chi connectivity index (χ3v) is 2.64. The van der Waals surface area contributed by atoms with Gasteiger partial charge in [0.2, 0.25) is 0 Å². The maximum atomic E-state index is 11.3. The summed E-state index contributed by atoms with van der Waals surface area (Å²) in [5, 5.41) is 0. The van der Waals surface area contributed by atoms with Crippen molar-refractivity contribution in [1.82, 2.24) is 0 Å². The average molecular weight is 152 g/mol. The normalized spacial score (nSPS) is 39.6. The molecule has 11 heavy (non-hydrogen) atoms. The van der Waals surface area contributed by atoms with E-state index in [1.54, 1.807) is 6.08 Å². The summed E-state index contributed by atoms with van der Waals surface area (Å²) in [6.07, 6.45) is 3.67. The van der Waals surface area contributed by atoms with Crippen molar-refractivity contribution in [3.8, 4) is 0 Å². The first-order valence-corrected chi connectivity index (χ1v) is 3.97. The SMILES string of the molecule is CC1(C)OC[C@H]2C=CC(=O)[C@H]21. The second kappa shape index (κ2) is 1.95. The van der Waals surface area contributed by atoms with Crippen LogP contribution in [0.3, 0.4) is 0 Å². The Hall–Kier alpha value is -0.630. The molecular weight excluding hydrogens is 140 g/mol. The molecule has 2 nitrogen and oxygen atoms in total. The molecule has 0 unspecified atom stereocenters. The molecule has 1 aliphatic heterocycles. The van der Waals surface area contributed by atoms with Crippen molar-refractivity contribution in [2.75, 3.05) is 6.61 Å². The molecule has 2 aliphatic rings. The zero-order chi connectivity index (χ0) is 8.06. The van der Waals surface area contributed by atoms with Crippen LogP contribution < -0.4 is 0 Å². The molecule has 0 aromatic carbocycles. The monoisotopic (exact) mass is 152 g/mol. The first kappa shape index (κ1) is 7.04. The van der Waals surface area contributed by atoms with Gasteiger partial charge in [-0.1, -0.05) is 6.08 Å². The van der Waals surface area contributed by atoms with Crippen molar-refractivity contribution in [3.05, 3.63) is 12.2 Å². The molecule has 0 aromatic rings. The van der Waals surface area contributed by atoms with Crippen molar-refractivity contribution < 1.29 is 9.53 Å². The van der Waals surface area contributed by atoms with Gasteiger partial charge < -0.3 is 4.74 Å². The van der Waals surface area contributed by atoms with E-state index in [4.69, 9.17) is 4.74 Å². The van der Waals surface area contributed by atoms with Crippen LogP contribution in [0.1, 0.15) is 13.8 Å². The number of hydrogen-bond acceptors (Lipinski definition) is 2. The fraction of sp³-hybridized carbons (Fsp3) is 0.667. The second-order valence-electron chi connectivity index (χ2n) is 3.82. The largest absolute Gasteiger partial charge is 0.374 e. The Balaban J connectivity index is 2.32. The third-order valence-electron chi connectivity index (χ3n) is 2.64. The Labute approximate surface area is 66.2 Å². The van der Waals surface area contributed by atoms with Gasteiger partial charge in [-0.05, 0) is 19.9 Å². The molecule has 2 atom stereocenters. The summed E-state index contributed by atoms with van der Waals surface area (Å²) in [5.74, 6) is 0.664. The zero-order valence-electron chi connectivity index (χ0n) is 6.83. The van der Waals surface area contributed by atoms with Crippen LogP contribution in [0.4, 0.5) is 0 Å². The number of allylic oxidation sites excluding steroid dienone is 1. The van der Waals surface area contributed by atoms with E-state index in [-0.39, 0.29) is 17.3 Å². The number of rotatable bonds is 0. The summed E-state index contributed by atoms with van der Waals surface area (Å²) in [5.41, 5.74) is -0.245. The standard InChI is InChI=1S/C9H12O2/c1-9(2)8-6(5-11-9)3-4-7(8)10/h3-4,6,8H,5H2,1-2H3/t6-,8+/m1/s1. The van der Waals surface area contributed by atoms with Gasteiger partial charge in [0.05, 0.1) is 18.1 Å². The maximum absolute atomic E-state index is 11.3. The summed E-state index contributed by atoms with van der Waals surface area (Å²) in [4.78, 5) is 11.3. The number of ketones is 1. The molecule has 1 saturated heterocycles. The topological polar surface area (TPSA) is 26.3 Å². The highest BCUT2D eigenvalue weighted by molar-refractivity contribution is 5.95. The van der Waals surface area contributed by atoms with E-state index in [1.807, 2.05) is 19.9 Å². The minimum absolute atomic E-state index is 0.0856. The zero-order valence-corrected chi connectivity index (χ0v) is 6.83. The molecule has 60 valence electrons. The van der Waals surface area contributed by atoms with Gasteiger partial charge in [0.1, 0.15) is 0 Å². The summed E-state index contributed by atoms with van der Waals surface area (Å²) >= 11 is 0. The lowest BCUT2D eigenvalue weighted by Gasteiger charge is -2.22. The van der Waals surface area contributed by atoms with Crippen molar-refractivity contribution >= 4 is 5.78 Å². The fourth-order valence-corrected chi connectivity index (χ4v) is 2.05. The molecule has 0 amide bonds. The van der Waals surface area contributed by atoms with Crippen molar-refractivity contribution in [3.63, 3.8) is 0 Å². The van der Waals surface area contributed by atoms with E-state index in [2.05, 4.69) is 0 Å². The molecule has 0 spiro atoms. The molecule has 2 heteroatoms. The van der Waals surface area contributed by atoms with Gasteiger partial charge >= 0.3 is 0 Å². The molecule has 2 rings (SSSR count). The van der Waals surface area contributed by atoms with Crippen LogP contribution in [0, 0.1) is 11.8 Å². The Morgan fingerprint density at radius 1 is 1.64 bits per heavy atom. The van der Waals surface area contributed by atoms with Gasteiger partial charge in [0.15, 0.2) is 5.78 Å². The number of hydrogen-bond donors (Lipinski definition) is 0. The lowest BCUT2D eigenvalue weighted by Crippen LogP contribution is -2.32. The Morgan fingerprint density at radius 3 is 3.00 bits per heavy atom. The lowest BCUT2D eigenvalue weighted by atomic mass is 9.85. The fourth-order valence-electron chi connectivity index (χ4n) is 2.05. The number of fused-ring (bicyclic) bond motifs is 1. The number of carbonyl (C=O) groups is 1. The Morgan fingerprint density at radius 2 is 2.36 bits per heavy atom. The molecule has 0 N–H and O–H groups in total. The first-order chi connectivity index (χ1) is 5.11. The van der Waals surface area contributed by atoms with Crippen LogP contribution in [-0.4, -0.2) is 18.0 Å². The number of ether oxygens (including phenoxy) is 1.